The van der Waals surface area contributed by atoms with Crippen molar-refractivity contribution < 1.29 is 19.4 Å². The Kier molecular flexibility index (Phi) is 5.99. The molecular weight excluding hydrogens is 368 g/mol. The Bertz CT molecular complexity index is 726. The predicted octanol–water partition coefficient (Wildman–Crippen LogP) is 2.75. The molecule has 0 bridgehead atoms. The van der Waals surface area contributed by atoms with Crippen molar-refractivity contribution in [3.63, 3.8) is 0 Å². The first kappa shape index (κ1) is 20.0. The van der Waals surface area contributed by atoms with Gasteiger partial charge in [0.25, 0.3) is 0 Å². The topological polar surface area (TPSA) is 62.2 Å². The van der Waals surface area contributed by atoms with Crippen LogP contribution in [0.4, 0.5) is 0 Å². The molecule has 0 aromatic heterocycles. The highest BCUT2D eigenvalue weighted by Crippen LogP contribution is 2.44. The van der Waals surface area contributed by atoms with Gasteiger partial charge in [0.05, 0.1) is 19.1 Å². The summed E-state index contributed by atoms with van der Waals surface area (Å²) in [4.78, 5) is 16.5. The summed E-state index contributed by atoms with van der Waals surface area (Å²) in [6.45, 7) is 10.1. The van der Waals surface area contributed by atoms with E-state index in [9.17, 15) is 9.90 Å². The summed E-state index contributed by atoms with van der Waals surface area (Å²) in [5.41, 5.74) is 0.200. The quantitative estimate of drug-likeness (QED) is 0.684. The SMILES string of the molecule is C=CCN1C[C@H]2CN(Cc3cc(OC)c(OCC)cc3Cl)C[C@@]2(C(=O)O)C1. The van der Waals surface area contributed by atoms with Crippen molar-refractivity contribution in [3.8, 4) is 11.5 Å². The highest BCUT2D eigenvalue weighted by Gasteiger charge is 2.57. The number of hydrogen-bond acceptors (Lipinski definition) is 5. The lowest BCUT2D eigenvalue weighted by molar-refractivity contribution is -0.148. The number of ether oxygens (including phenoxy) is 2. The molecule has 0 aliphatic carbocycles. The van der Waals surface area contributed by atoms with Crippen molar-refractivity contribution in [3.05, 3.63) is 35.4 Å². The summed E-state index contributed by atoms with van der Waals surface area (Å²) >= 11 is 6.46. The summed E-state index contributed by atoms with van der Waals surface area (Å²) in [6, 6.07) is 3.66. The first-order valence-corrected chi connectivity index (χ1v) is 9.59. The molecule has 0 amide bonds. The van der Waals surface area contributed by atoms with Crippen LogP contribution in [-0.4, -0.2) is 67.3 Å². The molecule has 27 heavy (non-hydrogen) atoms. The largest absolute Gasteiger partial charge is 0.493 e. The van der Waals surface area contributed by atoms with Crippen LogP contribution >= 0.6 is 11.6 Å². The molecule has 3 rings (SSSR count). The van der Waals surface area contributed by atoms with Gasteiger partial charge in [-0.15, -0.1) is 6.58 Å². The van der Waals surface area contributed by atoms with E-state index in [2.05, 4.69) is 16.4 Å². The van der Waals surface area contributed by atoms with Crippen LogP contribution in [0.3, 0.4) is 0 Å². The number of halogens is 1. The molecule has 1 aromatic rings. The van der Waals surface area contributed by atoms with Gasteiger partial charge in [-0.25, -0.2) is 0 Å². The van der Waals surface area contributed by atoms with E-state index < -0.39 is 11.4 Å². The Morgan fingerprint density at radius 3 is 2.67 bits per heavy atom. The zero-order chi connectivity index (χ0) is 19.6. The van der Waals surface area contributed by atoms with E-state index in [0.29, 0.717) is 42.8 Å². The van der Waals surface area contributed by atoms with Crippen LogP contribution in [0, 0.1) is 11.3 Å². The number of rotatable bonds is 8. The van der Waals surface area contributed by atoms with Gasteiger partial charge in [-0.1, -0.05) is 17.7 Å². The molecule has 6 nitrogen and oxygen atoms in total. The zero-order valence-electron chi connectivity index (χ0n) is 15.9. The Morgan fingerprint density at radius 1 is 1.37 bits per heavy atom. The lowest BCUT2D eigenvalue weighted by atomic mass is 9.81. The average Bonchev–Trinajstić information content (AvgIpc) is 3.12. The Morgan fingerprint density at radius 2 is 2.07 bits per heavy atom. The number of carboxylic acid groups (broad SMARTS) is 1. The van der Waals surface area contributed by atoms with Crippen LogP contribution in [0.15, 0.2) is 24.8 Å². The van der Waals surface area contributed by atoms with E-state index in [4.69, 9.17) is 21.1 Å². The lowest BCUT2D eigenvalue weighted by Crippen LogP contribution is -2.40. The molecule has 2 aliphatic heterocycles. The molecule has 7 heteroatoms. The van der Waals surface area contributed by atoms with Crippen LogP contribution in [-0.2, 0) is 11.3 Å². The summed E-state index contributed by atoms with van der Waals surface area (Å²) in [5, 5.41) is 10.5. The van der Waals surface area contributed by atoms with Gasteiger partial charge in [0.2, 0.25) is 0 Å². The Labute approximate surface area is 165 Å². The molecule has 0 unspecified atom stereocenters. The van der Waals surface area contributed by atoms with Crippen molar-refractivity contribution in [2.75, 3.05) is 46.4 Å². The van der Waals surface area contributed by atoms with Gasteiger partial charge in [0, 0.05) is 56.3 Å². The molecule has 148 valence electrons. The highest BCUT2D eigenvalue weighted by molar-refractivity contribution is 6.31. The molecule has 0 radical (unpaired) electrons. The number of carboxylic acids is 1. The van der Waals surface area contributed by atoms with E-state index >= 15 is 0 Å². The van der Waals surface area contributed by atoms with Crippen LogP contribution in [0.25, 0.3) is 0 Å². The second-order valence-corrected chi connectivity index (χ2v) is 7.75. The van der Waals surface area contributed by atoms with Gasteiger partial charge >= 0.3 is 5.97 Å². The minimum absolute atomic E-state index is 0.110. The van der Waals surface area contributed by atoms with E-state index in [1.54, 1.807) is 13.2 Å². The molecule has 2 aliphatic rings. The summed E-state index contributed by atoms with van der Waals surface area (Å²) in [5.74, 6) is 0.658. The number of fused-ring (bicyclic) bond motifs is 1. The number of likely N-dealkylation sites (tertiary alicyclic amines) is 2. The summed E-state index contributed by atoms with van der Waals surface area (Å²) < 4.78 is 11.0. The minimum Gasteiger partial charge on any atom is -0.493 e. The van der Waals surface area contributed by atoms with Crippen molar-refractivity contribution in [2.45, 2.75) is 13.5 Å². The maximum Gasteiger partial charge on any atom is 0.312 e. The molecule has 2 saturated heterocycles. The molecule has 2 fully saturated rings. The normalized spacial score (nSPS) is 25.4. The second-order valence-electron chi connectivity index (χ2n) is 7.34. The number of benzene rings is 1. The van der Waals surface area contributed by atoms with Crippen molar-refractivity contribution >= 4 is 17.6 Å². The standard InChI is InChI=1S/C20H27ClN2O4/c1-4-6-22-10-15-11-23(13-20(15,12-22)19(24)25)9-14-7-17(26-3)18(27-5-2)8-16(14)21/h4,7-8,15H,1,5-6,9-13H2,2-3H3,(H,24,25)/t15-,20-/m0/s1. The maximum atomic E-state index is 12.1. The highest BCUT2D eigenvalue weighted by atomic mass is 35.5. The Hall–Kier alpha value is -1.76. The number of hydrogen-bond donors (Lipinski definition) is 1. The van der Waals surface area contributed by atoms with Crippen molar-refractivity contribution in [2.24, 2.45) is 11.3 Å². The van der Waals surface area contributed by atoms with Crippen molar-refractivity contribution in [1.82, 2.24) is 9.80 Å². The third kappa shape index (κ3) is 3.79. The van der Waals surface area contributed by atoms with E-state index in [-0.39, 0.29) is 5.92 Å². The molecule has 2 heterocycles. The van der Waals surface area contributed by atoms with Gasteiger partial charge < -0.3 is 14.6 Å². The van der Waals surface area contributed by atoms with Crippen LogP contribution in [0.1, 0.15) is 12.5 Å². The van der Waals surface area contributed by atoms with Crippen LogP contribution < -0.4 is 9.47 Å². The first-order chi connectivity index (χ1) is 12.9. The van der Waals surface area contributed by atoms with Crippen LogP contribution in [0.2, 0.25) is 5.02 Å². The lowest BCUT2D eigenvalue weighted by Gasteiger charge is -2.25. The second kappa shape index (κ2) is 8.09. The molecule has 1 N–H and O–H groups in total. The van der Waals surface area contributed by atoms with E-state index in [1.807, 2.05) is 19.1 Å². The summed E-state index contributed by atoms with van der Waals surface area (Å²) in [6.07, 6.45) is 1.83. The average molecular weight is 395 g/mol. The van der Waals surface area contributed by atoms with Crippen LogP contribution in [0.5, 0.6) is 11.5 Å². The number of nitrogens with zero attached hydrogens (tertiary/aromatic N) is 2. The monoisotopic (exact) mass is 394 g/mol. The van der Waals surface area contributed by atoms with Gasteiger partial charge in [0.1, 0.15) is 0 Å². The van der Waals surface area contributed by atoms with Gasteiger partial charge in [0.15, 0.2) is 11.5 Å². The van der Waals surface area contributed by atoms with E-state index in [1.165, 1.54) is 0 Å². The number of methoxy groups -OCH3 is 1. The zero-order valence-corrected chi connectivity index (χ0v) is 16.7. The molecular formula is C20H27ClN2O4. The third-order valence-electron chi connectivity index (χ3n) is 5.59. The van der Waals surface area contributed by atoms with Gasteiger partial charge in [-0.3, -0.25) is 14.6 Å². The van der Waals surface area contributed by atoms with Gasteiger partial charge in [-0.2, -0.15) is 0 Å². The molecule has 1 aromatic carbocycles. The minimum atomic E-state index is -0.717. The molecule has 0 saturated carbocycles. The molecule has 2 atom stereocenters. The van der Waals surface area contributed by atoms with Crippen molar-refractivity contribution in [1.29, 1.82) is 0 Å². The third-order valence-corrected chi connectivity index (χ3v) is 5.94. The molecule has 0 spiro atoms. The maximum absolute atomic E-state index is 12.1. The van der Waals surface area contributed by atoms with Gasteiger partial charge in [-0.05, 0) is 18.6 Å². The number of carbonyl (C=O) groups is 1. The number of aliphatic carboxylic acids is 1. The fraction of sp³-hybridized carbons (Fsp3) is 0.550. The Balaban J connectivity index is 1.77. The fourth-order valence-electron chi connectivity index (χ4n) is 4.39. The smallest absolute Gasteiger partial charge is 0.312 e. The first-order valence-electron chi connectivity index (χ1n) is 9.21. The summed E-state index contributed by atoms with van der Waals surface area (Å²) in [7, 11) is 1.60. The predicted molar refractivity (Wildman–Crippen MR) is 105 cm³/mol. The fourth-order valence-corrected chi connectivity index (χ4v) is 4.60. The van der Waals surface area contributed by atoms with E-state index in [0.717, 1.165) is 25.2 Å².